The van der Waals surface area contributed by atoms with Crippen LogP contribution in [0.25, 0.3) is 11.1 Å². The number of rotatable bonds is 1. The van der Waals surface area contributed by atoms with E-state index >= 15 is 0 Å². The van der Waals surface area contributed by atoms with Crippen LogP contribution in [-0.4, -0.2) is 4.98 Å². The quantitative estimate of drug-likeness (QED) is 0.668. The Morgan fingerprint density at radius 1 is 1.21 bits per heavy atom. The van der Waals surface area contributed by atoms with Crippen LogP contribution in [0.5, 0.6) is 0 Å². The molecule has 0 saturated carbocycles. The van der Waals surface area contributed by atoms with Crippen LogP contribution in [0.3, 0.4) is 0 Å². The Morgan fingerprint density at radius 3 is 2.71 bits per heavy atom. The number of pyridine rings is 1. The lowest BCUT2D eigenvalue weighted by atomic mass is 10.1. The number of benzene rings is 1. The minimum atomic E-state index is -0.196. The minimum absolute atomic E-state index is 0.196. The first-order chi connectivity index (χ1) is 6.77. The predicted octanol–water partition coefficient (Wildman–Crippen LogP) is 3.20. The summed E-state index contributed by atoms with van der Waals surface area (Å²) in [5.41, 5.74) is 2.34. The zero-order valence-electron chi connectivity index (χ0n) is 7.87. The Labute approximate surface area is 82.2 Å². The van der Waals surface area contributed by atoms with Gasteiger partial charge in [-0.25, -0.2) is 4.39 Å². The lowest BCUT2D eigenvalue weighted by molar-refractivity contribution is 0.630. The second-order valence-electron chi connectivity index (χ2n) is 3.23. The number of hydrogen-bond donors (Lipinski definition) is 0. The van der Waals surface area contributed by atoms with E-state index in [1.54, 1.807) is 24.5 Å². The molecule has 1 aromatic carbocycles. The maximum atomic E-state index is 13.5. The fraction of sp³-hybridized carbons (Fsp3) is 0.0833. The molecule has 2 heteroatoms. The van der Waals surface area contributed by atoms with Gasteiger partial charge in [0.05, 0.1) is 0 Å². The van der Waals surface area contributed by atoms with E-state index in [-0.39, 0.29) is 5.82 Å². The fourth-order valence-corrected chi connectivity index (χ4v) is 1.38. The van der Waals surface area contributed by atoms with Gasteiger partial charge in [0.25, 0.3) is 0 Å². The van der Waals surface area contributed by atoms with E-state index in [9.17, 15) is 4.39 Å². The smallest absolute Gasteiger partial charge is 0.131 e. The van der Waals surface area contributed by atoms with Gasteiger partial charge in [0.2, 0.25) is 0 Å². The van der Waals surface area contributed by atoms with Crippen molar-refractivity contribution in [3.8, 4) is 11.1 Å². The molecule has 0 unspecified atom stereocenters. The number of hydrogen-bond acceptors (Lipinski definition) is 1. The molecule has 1 heterocycles. The summed E-state index contributed by atoms with van der Waals surface area (Å²) in [5, 5.41) is 0. The standard InChI is InChI=1S/C12H10FN/c1-9-4-5-11(12(13)7-9)10-3-2-6-14-8-10/h2-8H,1H3. The van der Waals surface area contributed by atoms with E-state index in [0.717, 1.165) is 11.1 Å². The number of aromatic nitrogens is 1. The van der Waals surface area contributed by atoms with Crippen LogP contribution in [0, 0.1) is 12.7 Å². The van der Waals surface area contributed by atoms with E-state index in [1.807, 2.05) is 19.1 Å². The van der Waals surface area contributed by atoms with Crippen molar-refractivity contribution in [3.05, 3.63) is 54.1 Å². The van der Waals surface area contributed by atoms with Gasteiger partial charge in [-0.15, -0.1) is 0 Å². The van der Waals surface area contributed by atoms with Gasteiger partial charge in [0.1, 0.15) is 5.82 Å². The minimum Gasteiger partial charge on any atom is -0.264 e. The maximum Gasteiger partial charge on any atom is 0.131 e. The molecule has 0 N–H and O–H groups in total. The molecule has 14 heavy (non-hydrogen) atoms. The van der Waals surface area contributed by atoms with E-state index < -0.39 is 0 Å². The van der Waals surface area contributed by atoms with Crippen LogP contribution >= 0.6 is 0 Å². The first kappa shape index (κ1) is 8.88. The highest BCUT2D eigenvalue weighted by molar-refractivity contribution is 5.63. The summed E-state index contributed by atoms with van der Waals surface area (Å²) < 4.78 is 13.5. The Hall–Kier alpha value is -1.70. The molecule has 1 aromatic heterocycles. The molecule has 0 saturated heterocycles. The summed E-state index contributed by atoms with van der Waals surface area (Å²) in [7, 11) is 0. The lowest BCUT2D eigenvalue weighted by Gasteiger charge is -2.03. The van der Waals surface area contributed by atoms with Crippen molar-refractivity contribution < 1.29 is 4.39 Å². The van der Waals surface area contributed by atoms with Gasteiger partial charge >= 0.3 is 0 Å². The first-order valence-electron chi connectivity index (χ1n) is 4.44. The van der Waals surface area contributed by atoms with Crippen molar-refractivity contribution in [1.82, 2.24) is 4.98 Å². The fourth-order valence-electron chi connectivity index (χ4n) is 1.38. The normalized spacial score (nSPS) is 10.1. The van der Waals surface area contributed by atoms with E-state index in [0.29, 0.717) is 5.56 Å². The molecule has 0 atom stereocenters. The van der Waals surface area contributed by atoms with Crippen LogP contribution < -0.4 is 0 Å². The van der Waals surface area contributed by atoms with E-state index in [1.165, 1.54) is 6.07 Å². The van der Waals surface area contributed by atoms with Crippen molar-refractivity contribution in [3.63, 3.8) is 0 Å². The molecule has 1 nitrogen and oxygen atoms in total. The van der Waals surface area contributed by atoms with Crippen LogP contribution in [0.1, 0.15) is 5.56 Å². The molecule has 0 aliphatic carbocycles. The SMILES string of the molecule is Cc1ccc(-c2cccnc2)c(F)c1. The second-order valence-corrected chi connectivity index (χ2v) is 3.23. The van der Waals surface area contributed by atoms with Crippen molar-refractivity contribution in [1.29, 1.82) is 0 Å². The molecular formula is C12H10FN. The highest BCUT2D eigenvalue weighted by Gasteiger charge is 2.03. The molecule has 0 fully saturated rings. The van der Waals surface area contributed by atoms with Gasteiger partial charge < -0.3 is 0 Å². The van der Waals surface area contributed by atoms with Gasteiger partial charge in [0.15, 0.2) is 0 Å². The topological polar surface area (TPSA) is 12.9 Å². The summed E-state index contributed by atoms with van der Waals surface area (Å²) in [6.45, 7) is 1.87. The summed E-state index contributed by atoms with van der Waals surface area (Å²) in [6, 6.07) is 8.85. The van der Waals surface area contributed by atoms with Crippen molar-refractivity contribution in [2.24, 2.45) is 0 Å². The van der Waals surface area contributed by atoms with Gasteiger partial charge in [-0.2, -0.15) is 0 Å². The molecule has 2 rings (SSSR count). The Bertz CT molecular complexity index is 437. The lowest BCUT2D eigenvalue weighted by Crippen LogP contribution is -1.85. The molecule has 0 radical (unpaired) electrons. The van der Waals surface area contributed by atoms with Crippen LogP contribution in [-0.2, 0) is 0 Å². The summed E-state index contributed by atoms with van der Waals surface area (Å²) in [5.74, 6) is -0.196. The second kappa shape index (κ2) is 3.58. The number of nitrogens with zero attached hydrogens (tertiary/aromatic N) is 1. The number of aryl methyl sites for hydroxylation is 1. The van der Waals surface area contributed by atoms with Crippen LogP contribution in [0.15, 0.2) is 42.7 Å². The average molecular weight is 187 g/mol. The Morgan fingerprint density at radius 2 is 2.07 bits per heavy atom. The van der Waals surface area contributed by atoms with Gasteiger partial charge in [0, 0.05) is 23.5 Å². The largest absolute Gasteiger partial charge is 0.264 e. The molecule has 0 aliphatic heterocycles. The number of halogens is 1. The molecule has 0 bridgehead atoms. The van der Waals surface area contributed by atoms with E-state index in [4.69, 9.17) is 0 Å². The summed E-state index contributed by atoms with van der Waals surface area (Å²) in [4.78, 5) is 3.96. The molecule has 0 amide bonds. The Balaban J connectivity index is 2.53. The molecule has 2 aromatic rings. The monoisotopic (exact) mass is 187 g/mol. The van der Waals surface area contributed by atoms with E-state index in [2.05, 4.69) is 4.98 Å². The third kappa shape index (κ3) is 1.64. The molecular weight excluding hydrogens is 177 g/mol. The highest BCUT2D eigenvalue weighted by atomic mass is 19.1. The van der Waals surface area contributed by atoms with Crippen molar-refractivity contribution in [2.45, 2.75) is 6.92 Å². The molecule has 0 spiro atoms. The highest BCUT2D eigenvalue weighted by Crippen LogP contribution is 2.22. The van der Waals surface area contributed by atoms with Gasteiger partial charge in [-0.05, 0) is 24.6 Å². The zero-order valence-corrected chi connectivity index (χ0v) is 7.87. The first-order valence-corrected chi connectivity index (χ1v) is 4.44. The third-order valence-corrected chi connectivity index (χ3v) is 2.10. The van der Waals surface area contributed by atoms with Crippen molar-refractivity contribution >= 4 is 0 Å². The summed E-state index contributed by atoms with van der Waals surface area (Å²) >= 11 is 0. The average Bonchev–Trinajstić information content (AvgIpc) is 2.19. The summed E-state index contributed by atoms with van der Waals surface area (Å²) in [6.07, 6.45) is 3.34. The predicted molar refractivity (Wildman–Crippen MR) is 54.4 cm³/mol. The Kier molecular flexibility index (Phi) is 2.27. The molecule has 0 aliphatic rings. The van der Waals surface area contributed by atoms with Gasteiger partial charge in [-0.3, -0.25) is 4.98 Å². The zero-order chi connectivity index (χ0) is 9.97. The van der Waals surface area contributed by atoms with Crippen molar-refractivity contribution in [2.75, 3.05) is 0 Å². The van der Waals surface area contributed by atoms with Crippen LogP contribution in [0.4, 0.5) is 4.39 Å². The molecule has 70 valence electrons. The third-order valence-electron chi connectivity index (χ3n) is 2.10. The van der Waals surface area contributed by atoms with Gasteiger partial charge in [-0.1, -0.05) is 18.2 Å². The van der Waals surface area contributed by atoms with Crippen LogP contribution in [0.2, 0.25) is 0 Å². The maximum absolute atomic E-state index is 13.5.